The molecule has 3 rings (SSSR count). The zero-order valence-electron chi connectivity index (χ0n) is 19.8. The fourth-order valence-electron chi connectivity index (χ4n) is 3.24. The fraction of sp³-hybridized carbons (Fsp3) is 0.259. The number of rotatable bonds is 2. The summed E-state index contributed by atoms with van der Waals surface area (Å²) in [4.78, 5) is 24.5. The number of esters is 2. The number of ether oxygens (including phenoxy) is 2. The Bertz CT molecular complexity index is 1130. The number of hydrogen-bond donors (Lipinski definition) is 2. The lowest BCUT2D eigenvalue weighted by atomic mass is 10.0. The predicted molar refractivity (Wildman–Crippen MR) is 128 cm³/mol. The van der Waals surface area contributed by atoms with Gasteiger partial charge in [0.05, 0.1) is 0 Å². The first-order valence-corrected chi connectivity index (χ1v) is 11.3. The molecule has 0 amide bonds. The molecule has 2 N–H and O–H groups in total. The van der Waals surface area contributed by atoms with Gasteiger partial charge in [0.1, 0.15) is 28.9 Å². The van der Waals surface area contributed by atoms with Crippen molar-refractivity contribution in [2.75, 3.05) is 0 Å². The Morgan fingerprint density at radius 1 is 1.03 bits per heavy atom. The minimum atomic E-state index is -5.25. The molecule has 2 aromatic rings. The lowest BCUT2D eigenvalue weighted by Crippen LogP contribution is -2.24. The van der Waals surface area contributed by atoms with E-state index in [1.165, 1.54) is 6.08 Å². The third-order valence-electron chi connectivity index (χ3n) is 4.80. The van der Waals surface area contributed by atoms with Crippen LogP contribution in [0.25, 0.3) is 6.08 Å². The summed E-state index contributed by atoms with van der Waals surface area (Å²) in [6.45, 7) is 4.00. The van der Waals surface area contributed by atoms with Crippen LogP contribution in [0.5, 0.6) is 11.5 Å². The molecule has 2 aromatic carbocycles. The lowest BCUT2D eigenvalue weighted by molar-refractivity contribution is -0.194. The Kier molecular flexibility index (Phi) is 10.3. The molecule has 1 aliphatic heterocycles. The molecule has 9 heteroatoms. The molecule has 0 radical (unpaired) electrons. The Morgan fingerprint density at radius 3 is 2.36 bits per heavy atom. The summed E-state index contributed by atoms with van der Waals surface area (Å²) in [6.07, 6.45) is 2.56. The highest BCUT2D eigenvalue weighted by Crippen LogP contribution is 2.33. The van der Waals surface area contributed by atoms with Gasteiger partial charge in [0.2, 0.25) is 0 Å². The largest absolute Gasteiger partial charge is 0.508 e. The number of alkyl halides is 3. The van der Waals surface area contributed by atoms with Crippen molar-refractivity contribution < 1.29 is 42.4 Å². The van der Waals surface area contributed by atoms with Crippen molar-refractivity contribution in [1.29, 1.82) is 0 Å². The second kappa shape index (κ2) is 13.2. The SMILES string of the molecule is CC.O=C1O[C@@H](c2ccccc2)C/C=C/CC/C=C/C(OC(=O)C(F)(F)F)=C/c2cc(O)cc(O)c21. The molecule has 0 aromatic heterocycles. The van der Waals surface area contributed by atoms with E-state index >= 15 is 0 Å². The molecule has 36 heavy (non-hydrogen) atoms. The number of benzene rings is 2. The molecule has 0 spiro atoms. The number of fused-ring (bicyclic) bond motifs is 1. The third kappa shape index (κ3) is 8.04. The molecule has 0 saturated carbocycles. The Balaban J connectivity index is 0.00000222. The summed E-state index contributed by atoms with van der Waals surface area (Å²) < 4.78 is 48.3. The monoisotopic (exact) mass is 504 g/mol. The van der Waals surface area contributed by atoms with Crippen molar-refractivity contribution in [1.82, 2.24) is 0 Å². The van der Waals surface area contributed by atoms with Crippen LogP contribution in [0.3, 0.4) is 0 Å². The van der Waals surface area contributed by atoms with Crippen LogP contribution in [0.15, 0.2) is 72.5 Å². The predicted octanol–water partition coefficient (Wildman–Crippen LogP) is 6.76. The maximum Gasteiger partial charge on any atom is 0.491 e. The number of phenolic OH excluding ortho intramolecular Hbond substituents is 2. The highest BCUT2D eigenvalue weighted by atomic mass is 19.4. The molecule has 0 bridgehead atoms. The van der Waals surface area contributed by atoms with Crippen LogP contribution >= 0.6 is 0 Å². The lowest BCUT2D eigenvalue weighted by Gasteiger charge is -2.19. The summed E-state index contributed by atoms with van der Waals surface area (Å²) in [6, 6.07) is 10.8. The third-order valence-corrected chi connectivity index (χ3v) is 4.80. The molecular weight excluding hydrogens is 477 g/mol. The van der Waals surface area contributed by atoms with E-state index in [2.05, 4.69) is 4.74 Å². The maximum absolute atomic E-state index is 13.1. The van der Waals surface area contributed by atoms with Crippen LogP contribution < -0.4 is 0 Å². The van der Waals surface area contributed by atoms with Crippen LogP contribution in [0.2, 0.25) is 0 Å². The van der Waals surface area contributed by atoms with E-state index in [9.17, 15) is 33.0 Å². The quantitative estimate of drug-likeness (QED) is 0.347. The van der Waals surface area contributed by atoms with Gasteiger partial charge in [-0.05, 0) is 36.6 Å². The molecule has 1 heterocycles. The summed E-state index contributed by atoms with van der Waals surface area (Å²) in [5.74, 6) is -5.09. The van der Waals surface area contributed by atoms with Crippen LogP contribution in [0, 0.1) is 0 Å². The zero-order valence-corrected chi connectivity index (χ0v) is 19.8. The Hall–Kier alpha value is -4.01. The van der Waals surface area contributed by atoms with Gasteiger partial charge in [-0.1, -0.05) is 62.4 Å². The first kappa shape index (κ1) is 28.2. The van der Waals surface area contributed by atoms with Crippen molar-refractivity contribution in [2.45, 2.75) is 45.4 Å². The molecule has 1 atom stereocenters. The van der Waals surface area contributed by atoms with Crippen molar-refractivity contribution in [3.05, 3.63) is 89.2 Å². The van der Waals surface area contributed by atoms with Gasteiger partial charge in [-0.15, -0.1) is 0 Å². The van der Waals surface area contributed by atoms with Crippen LogP contribution in [0.4, 0.5) is 13.2 Å². The van der Waals surface area contributed by atoms with Gasteiger partial charge >= 0.3 is 18.1 Å². The molecular formula is C27H27F3O6. The minimum Gasteiger partial charge on any atom is -0.508 e. The summed E-state index contributed by atoms with van der Waals surface area (Å²) in [5.41, 5.74) is 0.0907. The van der Waals surface area contributed by atoms with E-state index in [4.69, 9.17) is 4.74 Å². The van der Waals surface area contributed by atoms with E-state index in [0.717, 1.165) is 24.3 Å². The number of phenols is 2. The van der Waals surface area contributed by atoms with Gasteiger partial charge in [0.15, 0.2) is 0 Å². The first-order chi connectivity index (χ1) is 17.1. The first-order valence-electron chi connectivity index (χ1n) is 11.3. The average Bonchev–Trinajstić information content (AvgIpc) is 2.82. The standard InChI is InChI=1S/C25H21F3O6.C2H6/c26-25(27,28)24(32)33-19-11-7-2-1-3-8-12-21(16-9-5-4-6-10-16)34-23(31)22-17(14-19)13-18(29)15-20(22)30;1-2/h3-11,13-15,21,29-30H,1-2,12H2;1-2H3/b8-3+,11-7+,19-14-;/t21-;/m1./s1. The smallest absolute Gasteiger partial charge is 0.491 e. The molecule has 192 valence electrons. The van der Waals surface area contributed by atoms with Gasteiger partial charge in [-0.25, -0.2) is 9.59 Å². The summed E-state index contributed by atoms with van der Waals surface area (Å²) >= 11 is 0. The van der Waals surface area contributed by atoms with Crippen molar-refractivity contribution in [3.63, 3.8) is 0 Å². The molecule has 6 nitrogen and oxygen atoms in total. The van der Waals surface area contributed by atoms with Gasteiger partial charge in [-0.2, -0.15) is 13.2 Å². The summed E-state index contributed by atoms with van der Waals surface area (Å²) in [7, 11) is 0. The van der Waals surface area contributed by atoms with E-state index in [1.54, 1.807) is 30.3 Å². The fourth-order valence-corrected chi connectivity index (χ4v) is 3.24. The number of aromatic hydroxyl groups is 2. The number of cyclic esters (lactones) is 1. The van der Waals surface area contributed by atoms with E-state index in [1.807, 2.05) is 26.0 Å². The van der Waals surface area contributed by atoms with Gasteiger partial charge in [0.25, 0.3) is 0 Å². The van der Waals surface area contributed by atoms with Crippen molar-refractivity contribution >= 4 is 18.0 Å². The van der Waals surface area contributed by atoms with Crippen LogP contribution in [-0.2, 0) is 14.3 Å². The van der Waals surface area contributed by atoms with Crippen molar-refractivity contribution in [2.24, 2.45) is 0 Å². The second-order valence-electron chi connectivity index (χ2n) is 7.35. The maximum atomic E-state index is 13.1. The van der Waals surface area contributed by atoms with Crippen LogP contribution in [-0.4, -0.2) is 28.3 Å². The number of halogens is 3. The van der Waals surface area contributed by atoms with Gasteiger partial charge in [0, 0.05) is 18.1 Å². The summed E-state index contributed by atoms with van der Waals surface area (Å²) in [5, 5.41) is 20.3. The molecule has 1 aliphatic rings. The second-order valence-corrected chi connectivity index (χ2v) is 7.35. The highest BCUT2D eigenvalue weighted by Gasteiger charge is 2.41. The Morgan fingerprint density at radius 2 is 1.69 bits per heavy atom. The average molecular weight is 505 g/mol. The molecule has 0 aliphatic carbocycles. The zero-order chi connectivity index (χ0) is 26.7. The van der Waals surface area contributed by atoms with E-state index in [-0.39, 0.29) is 5.56 Å². The van der Waals surface area contributed by atoms with Crippen molar-refractivity contribution in [3.8, 4) is 11.5 Å². The molecule has 0 saturated heterocycles. The van der Waals surface area contributed by atoms with Gasteiger partial charge < -0.3 is 19.7 Å². The van der Waals surface area contributed by atoms with E-state index < -0.39 is 47.0 Å². The number of allylic oxidation sites excluding steroid dienone is 3. The minimum absolute atomic E-state index is 0.198. The highest BCUT2D eigenvalue weighted by molar-refractivity contribution is 5.97. The van der Waals surface area contributed by atoms with Crippen LogP contribution in [0.1, 0.15) is 60.7 Å². The number of carbonyl (C=O) groups is 2. The Labute approximate surface area is 207 Å². The van der Waals surface area contributed by atoms with E-state index in [0.29, 0.717) is 24.8 Å². The molecule has 0 fully saturated rings. The normalized spacial score (nSPS) is 19.6. The molecule has 0 unspecified atom stereocenters. The number of hydrogen-bond acceptors (Lipinski definition) is 6. The van der Waals surface area contributed by atoms with Gasteiger partial charge in [-0.3, -0.25) is 0 Å². The topological polar surface area (TPSA) is 93.1 Å². The number of carbonyl (C=O) groups excluding carboxylic acids is 2.